The average Bonchev–Trinajstić information content (AvgIpc) is 2.83. The number of nitrogens with one attached hydrogen (secondary N) is 1. The SMILES string of the molecule is CCCNC(Cc1ccc(I)cc1)c1sccc1C. The van der Waals surface area contributed by atoms with E-state index in [1.54, 1.807) is 0 Å². The molecule has 0 bridgehead atoms. The second-order valence-corrected chi connectivity index (χ2v) is 7.00. The highest BCUT2D eigenvalue weighted by molar-refractivity contribution is 14.1. The summed E-state index contributed by atoms with van der Waals surface area (Å²) in [6.07, 6.45) is 2.24. The van der Waals surface area contributed by atoms with Crippen molar-refractivity contribution < 1.29 is 0 Å². The van der Waals surface area contributed by atoms with Gasteiger partial charge in [-0.1, -0.05) is 19.1 Å². The van der Waals surface area contributed by atoms with Gasteiger partial charge in [0.05, 0.1) is 0 Å². The zero-order valence-electron chi connectivity index (χ0n) is 11.4. The largest absolute Gasteiger partial charge is 0.309 e. The molecule has 0 amide bonds. The predicted octanol–water partition coefficient (Wildman–Crippen LogP) is 4.94. The highest BCUT2D eigenvalue weighted by atomic mass is 127. The van der Waals surface area contributed by atoms with Crippen LogP contribution in [0.1, 0.15) is 35.4 Å². The van der Waals surface area contributed by atoms with Crippen molar-refractivity contribution in [2.75, 3.05) is 6.54 Å². The van der Waals surface area contributed by atoms with E-state index in [1.807, 2.05) is 11.3 Å². The van der Waals surface area contributed by atoms with Gasteiger partial charge in [0.1, 0.15) is 0 Å². The number of thiophene rings is 1. The zero-order valence-corrected chi connectivity index (χ0v) is 14.4. The van der Waals surface area contributed by atoms with Gasteiger partial charge in [-0.15, -0.1) is 11.3 Å². The van der Waals surface area contributed by atoms with Crippen molar-refractivity contribution in [3.05, 3.63) is 55.3 Å². The second kappa shape index (κ2) is 7.41. The molecule has 0 spiro atoms. The molecule has 2 rings (SSSR count). The molecule has 1 unspecified atom stereocenters. The smallest absolute Gasteiger partial charge is 0.0458 e. The number of hydrogen-bond acceptors (Lipinski definition) is 2. The second-order valence-electron chi connectivity index (χ2n) is 4.81. The number of halogens is 1. The van der Waals surface area contributed by atoms with E-state index in [1.165, 1.54) is 26.0 Å². The average molecular weight is 385 g/mol. The molecule has 0 aliphatic heterocycles. The first-order chi connectivity index (χ1) is 9.20. The predicted molar refractivity (Wildman–Crippen MR) is 93.0 cm³/mol. The Labute approximate surface area is 133 Å². The molecule has 0 aliphatic carbocycles. The van der Waals surface area contributed by atoms with E-state index >= 15 is 0 Å². The first kappa shape index (κ1) is 15.0. The summed E-state index contributed by atoms with van der Waals surface area (Å²) in [4.78, 5) is 1.48. The van der Waals surface area contributed by atoms with Crippen LogP contribution in [0.15, 0.2) is 35.7 Å². The topological polar surface area (TPSA) is 12.0 Å². The van der Waals surface area contributed by atoms with Crippen LogP contribution in [0.3, 0.4) is 0 Å². The van der Waals surface area contributed by atoms with E-state index in [-0.39, 0.29) is 0 Å². The van der Waals surface area contributed by atoms with E-state index in [0.717, 1.165) is 13.0 Å². The summed E-state index contributed by atoms with van der Waals surface area (Å²) in [5.41, 5.74) is 2.81. The maximum absolute atomic E-state index is 3.68. The fourth-order valence-corrected chi connectivity index (χ4v) is 3.54. The molecule has 0 fully saturated rings. The summed E-state index contributed by atoms with van der Waals surface area (Å²) < 4.78 is 1.30. The Kier molecular flexibility index (Phi) is 5.85. The molecule has 1 N–H and O–H groups in total. The van der Waals surface area contributed by atoms with Crippen molar-refractivity contribution in [2.24, 2.45) is 0 Å². The molecular formula is C16H20INS. The molecule has 102 valence electrons. The number of hydrogen-bond donors (Lipinski definition) is 1. The third-order valence-electron chi connectivity index (χ3n) is 3.21. The normalized spacial score (nSPS) is 12.6. The van der Waals surface area contributed by atoms with Crippen LogP contribution in [0.4, 0.5) is 0 Å². The Balaban J connectivity index is 2.14. The first-order valence-corrected chi connectivity index (χ1v) is 8.68. The molecule has 0 radical (unpaired) electrons. The number of aryl methyl sites for hydroxylation is 1. The molecule has 1 atom stereocenters. The van der Waals surface area contributed by atoms with E-state index in [9.17, 15) is 0 Å². The minimum absolute atomic E-state index is 0.444. The Bertz CT molecular complexity index is 504. The molecule has 0 saturated carbocycles. The van der Waals surface area contributed by atoms with Crippen molar-refractivity contribution in [3.8, 4) is 0 Å². The Morgan fingerprint density at radius 1 is 1.21 bits per heavy atom. The van der Waals surface area contributed by atoms with Crippen LogP contribution >= 0.6 is 33.9 Å². The van der Waals surface area contributed by atoms with Crippen LogP contribution < -0.4 is 5.32 Å². The first-order valence-electron chi connectivity index (χ1n) is 6.72. The Morgan fingerprint density at radius 2 is 1.95 bits per heavy atom. The van der Waals surface area contributed by atoms with Gasteiger partial charge >= 0.3 is 0 Å². The third-order valence-corrected chi connectivity index (χ3v) is 5.06. The quantitative estimate of drug-likeness (QED) is 0.695. The Hall–Kier alpha value is -0.390. The minimum atomic E-state index is 0.444. The van der Waals surface area contributed by atoms with Crippen LogP contribution in [0.25, 0.3) is 0 Å². The molecule has 1 nitrogen and oxygen atoms in total. The van der Waals surface area contributed by atoms with E-state index < -0.39 is 0 Å². The lowest BCUT2D eigenvalue weighted by Gasteiger charge is -2.18. The van der Waals surface area contributed by atoms with E-state index in [0.29, 0.717) is 6.04 Å². The summed E-state index contributed by atoms with van der Waals surface area (Å²) in [7, 11) is 0. The molecule has 3 heteroatoms. The van der Waals surface area contributed by atoms with Crippen molar-refractivity contribution >= 4 is 33.9 Å². The van der Waals surface area contributed by atoms with Crippen LogP contribution in [-0.4, -0.2) is 6.54 Å². The maximum atomic E-state index is 3.68. The highest BCUT2D eigenvalue weighted by Gasteiger charge is 2.15. The fourth-order valence-electron chi connectivity index (χ4n) is 2.17. The third kappa shape index (κ3) is 4.29. The molecule has 2 aromatic rings. The maximum Gasteiger partial charge on any atom is 0.0458 e. The van der Waals surface area contributed by atoms with E-state index in [4.69, 9.17) is 0 Å². The van der Waals surface area contributed by atoms with Gasteiger partial charge in [0.15, 0.2) is 0 Å². The van der Waals surface area contributed by atoms with Crippen LogP contribution in [-0.2, 0) is 6.42 Å². The van der Waals surface area contributed by atoms with Gasteiger partial charge in [-0.25, -0.2) is 0 Å². The molecule has 0 saturated heterocycles. The summed E-state index contributed by atoms with van der Waals surface area (Å²) in [5, 5.41) is 5.88. The van der Waals surface area contributed by atoms with Gasteiger partial charge in [0.2, 0.25) is 0 Å². The highest BCUT2D eigenvalue weighted by Crippen LogP contribution is 2.27. The molecule has 19 heavy (non-hydrogen) atoms. The van der Waals surface area contributed by atoms with Crippen LogP contribution in [0.2, 0.25) is 0 Å². The fraction of sp³-hybridized carbons (Fsp3) is 0.375. The molecule has 0 aliphatic rings. The van der Waals surface area contributed by atoms with Crippen LogP contribution in [0, 0.1) is 10.5 Å². The van der Waals surface area contributed by atoms with Gasteiger partial charge in [-0.3, -0.25) is 0 Å². The van der Waals surface area contributed by atoms with Gasteiger partial charge in [0, 0.05) is 14.5 Å². The van der Waals surface area contributed by atoms with Crippen molar-refractivity contribution in [1.29, 1.82) is 0 Å². The number of benzene rings is 1. The van der Waals surface area contributed by atoms with Gasteiger partial charge in [0.25, 0.3) is 0 Å². The summed E-state index contributed by atoms with van der Waals surface area (Å²) in [5.74, 6) is 0. The lowest BCUT2D eigenvalue weighted by molar-refractivity contribution is 0.535. The lowest BCUT2D eigenvalue weighted by Crippen LogP contribution is -2.23. The summed E-state index contributed by atoms with van der Waals surface area (Å²) in [6, 6.07) is 11.5. The van der Waals surface area contributed by atoms with Crippen molar-refractivity contribution in [2.45, 2.75) is 32.7 Å². The zero-order chi connectivity index (χ0) is 13.7. The van der Waals surface area contributed by atoms with Crippen molar-refractivity contribution in [1.82, 2.24) is 5.32 Å². The van der Waals surface area contributed by atoms with Crippen molar-refractivity contribution in [3.63, 3.8) is 0 Å². The van der Waals surface area contributed by atoms with E-state index in [2.05, 4.69) is 77.5 Å². The summed E-state index contributed by atoms with van der Waals surface area (Å²) in [6.45, 7) is 5.50. The van der Waals surface area contributed by atoms with Gasteiger partial charge in [-0.05, 0) is 83.6 Å². The minimum Gasteiger partial charge on any atom is -0.309 e. The molecular weight excluding hydrogens is 365 g/mol. The standard InChI is InChI=1S/C16H20INS/c1-3-9-18-15(16-12(2)8-10-19-16)11-13-4-6-14(17)7-5-13/h4-8,10,15,18H,3,9,11H2,1-2H3. The monoisotopic (exact) mass is 385 g/mol. The molecule has 1 heterocycles. The molecule has 1 aromatic carbocycles. The molecule has 1 aromatic heterocycles. The van der Waals surface area contributed by atoms with Gasteiger partial charge in [-0.2, -0.15) is 0 Å². The number of rotatable bonds is 6. The van der Waals surface area contributed by atoms with Crippen LogP contribution in [0.5, 0.6) is 0 Å². The Morgan fingerprint density at radius 3 is 2.53 bits per heavy atom. The van der Waals surface area contributed by atoms with Gasteiger partial charge < -0.3 is 5.32 Å². The lowest BCUT2D eigenvalue weighted by atomic mass is 10.0. The summed E-state index contributed by atoms with van der Waals surface area (Å²) >= 11 is 4.22.